The number of fused-ring (bicyclic) bond motifs is 1. The van der Waals surface area contributed by atoms with Crippen molar-refractivity contribution >= 4 is 34.2 Å². The van der Waals surface area contributed by atoms with Gasteiger partial charge in [-0.1, -0.05) is 29.8 Å². The number of amides is 1. The summed E-state index contributed by atoms with van der Waals surface area (Å²) >= 11 is 5.86. The van der Waals surface area contributed by atoms with E-state index in [2.05, 4.69) is 10.3 Å². The monoisotopic (exact) mass is 300 g/mol. The maximum atomic E-state index is 13.0. The molecule has 0 radical (unpaired) electrons. The van der Waals surface area contributed by atoms with Crippen molar-refractivity contribution in [3.8, 4) is 0 Å². The highest BCUT2D eigenvalue weighted by Gasteiger charge is 2.12. The van der Waals surface area contributed by atoms with Gasteiger partial charge >= 0.3 is 0 Å². The van der Waals surface area contributed by atoms with E-state index in [1.165, 1.54) is 12.1 Å². The molecule has 0 bridgehead atoms. The van der Waals surface area contributed by atoms with Gasteiger partial charge in [-0.15, -0.1) is 0 Å². The van der Waals surface area contributed by atoms with E-state index in [1.807, 2.05) is 30.3 Å². The number of rotatable bonds is 2. The molecule has 1 amide bonds. The van der Waals surface area contributed by atoms with E-state index in [9.17, 15) is 9.18 Å². The van der Waals surface area contributed by atoms with E-state index in [1.54, 1.807) is 6.07 Å². The first-order chi connectivity index (χ1) is 10.1. The summed E-state index contributed by atoms with van der Waals surface area (Å²) in [4.78, 5) is 16.5. The lowest BCUT2D eigenvalue weighted by Gasteiger charge is -2.07. The van der Waals surface area contributed by atoms with Gasteiger partial charge in [-0.2, -0.15) is 0 Å². The SMILES string of the molecule is O=C(Nc1ccc2ccccc2n1)c1ccc(F)cc1Cl. The molecule has 0 aliphatic rings. The van der Waals surface area contributed by atoms with Crippen LogP contribution in [0.25, 0.3) is 10.9 Å². The van der Waals surface area contributed by atoms with Gasteiger partial charge in [0.15, 0.2) is 0 Å². The van der Waals surface area contributed by atoms with Gasteiger partial charge in [0.2, 0.25) is 0 Å². The zero-order chi connectivity index (χ0) is 14.8. The molecule has 0 atom stereocenters. The Labute approximate surface area is 125 Å². The molecule has 21 heavy (non-hydrogen) atoms. The summed E-state index contributed by atoms with van der Waals surface area (Å²) < 4.78 is 13.0. The Morgan fingerprint density at radius 1 is 1.10 bits per heavy atom. The van der Waals surface area contributed by atoms with Gasteiger partial charge < -0.3 is 5.32 Å². The third-order valence-corrected chi connectivity index (χ3v) is 3.33. The van der Waals surface area contributed by atoms with Gasteiger partial charge in [-0.05, 0) is 36.4 Å². The first-order valence-corrected chi connectivity index (χ1v) is 6.63. The van der Waals surface area contributed by atoms with Crippen molar-refractivity contribution in [1.29, 1.82) is 0 Å². The lowest BCUT2D eigenvalue weighted by Crippen LogP contribution is -2.13. The third kappa shape index (κ3) is 2.85. The molecule has 2 aromatic carbocycles. The van der Waals surface area contributed by atoms with Gasteiger partial charge in [0, 0.05) is 5.39 Å². The maximum Gasteiger partial charge on any atom is 0.258 e. The van der Waals surface area contributed by atoms with Crippen molar-refractivity contribution in [3.63, 3.8) is 0 Å². The van der Waals surface area contributed by atoms with Crippen LogP contribution in [-0.2, 0) is 0 Å². The number of nitrogens with zero attached hydrogens (tertiary/aromatic N) is 1. The zero-order valence-corrected chi connectivity index (χ0v) is 11.6. The molecule has 3 rings (SSSR count). The second kappa shape index (κ2) is 5.50. The standard InChI is InChI=1S/C16H10ClFN2O/c17-13-9-11(18)6-7-12(13)16(21)20-15-8-5-10-3-1-2-4-14(10)19-15/h1-9H,(H,19,20,21). The van der Waals surface area contributed by atoms with Crippen LogP contribution < -0.4 is 5.32 Å². The molecule has 3 nitrogen and oxygen atoms in total. The van der Waals surface area contributed by atoms with Gasteiger partial charge in [0.05, 0.1) is 16.1 Å². The molecule has 104 valence electrons. The van der Waals surface area contributed by atoms with Crippen molar-refractivity contribution in [1.82, 2.24) is 4.98 Å². The van der Waals surface area contributed by atoms with Crippen molar-refractivity contribution in [2.75, 3.05) is 5.32 Å². The Morgan fingerprint density at radius 2 is 1.90 bits per heavy atom. The number of para-hydroxylation sites is 1. The smallest absolute Gasteiger partial charge is 0.258 e. The summed E-state index contributed by atoms with van der Waals surface area (Å²) in [5.41, 5.74) is 0.980. The minimum atomic E-state index is -0.486. The highest BCUT2D eigenvalue weighted by Crippen LogP contribution is 2.19. The highest BCUT2D eigenvalue weighted by molar-refractivity contribution is 6.34. The van der Waals surface area contributed by atoms with Crippen molar-refractivity contribution in [3.05, 3.63) is 71.0 Å². The van der Waals surface area contributed by atoms with Crippen LogP contribution in [0.5, 0.6) is 0 Å². The highest BCUT2D eigenvalue weighted by atomic mass is 35.5. The molecule has 0 unspecified atom stereocenters. The Balaban J connectivity index is 1.89. The number of benzene rings is 2. The number of carbonyl (C=O) groups excluding carboxylic acids is 1. The summed E-state index contributed by atoms with van der Waals surface area (Å²) in [5, 5.41) is 3.70. The number of aromatic nitrogens is 1. The molecule has 0 aliphatic heterocycles. The summed E-state index contributed by atoms with van der Waals surface area (Å²) in [6, 6.07) is 14.8. The van der Waals surface area contributed by atoms with Crippen LogP contribution in [0.1, 0.15) is 10.4 Å². The second-order valence-corrected chi connectivity index (χ2v) is 4.87. The normalized spacial score (nSPS) is 10.6. The Hall–Kier alpha value is -2.46. The van der Waals surface area contributed by atoms with Gasteiger partial charge in [-0.25, -0.2) is 9.37 Å². The zero-order valence-electron chi connectivity index (χ0n) is 10.8. The largest absolute Gasteiger partial charge is 0.306 e. The number of hydrogen-bond acceptors (Lipinski definition) is 2. The summed E-state index contributed by atoms with van der Waals surface area (Å²) in [5.74, 6) is -0.498. The van der Waals surface area contributed by atoms with Crippen molar-refractivity contribution in [2.45, 2.75) is 0 Å². The van der Waals surface area contributed by atoms with E-state index in [-0.39, 0.29) is 10.6 Å². The number of pyridine rings is 1. The fourth-order valence-electron chi connectivity index (χ4n) is 1.99. The number of carbonyl (C=O) groups is 1. The van der Waals surface area contributed by atoms with E-state index in [4.69, 9.17) is 11.6 Å². The van der Waals surface area contributed by atoms with Gasteiger partial charge in [0.1, 0.15) is 11.6 Å². The summed E-state index contributed by atoms with van der Waals surface area (Å²) in [7, 11) is 0. The fraction of sp³-hybridized carbons (Fsp3) is 0. The maximum absolute atomic E-state index is 13.0. The van der Waals surface area contributed by atoms with Crippen LogP contribution in [0.2, 0.25) is 5.02 Å². The van der Waals surface area contributed by atoms with Crippen LogP contribution >= 0.6 is 11.6 Å². The molecular formula is C16H10ClFN2O. The number of hydrogen-bond donors (Lipinski definition) is 1. The third-order valence-electron chi connectivity index (χ3n) is 3.02. The van der Waals surface area contributed by atoms with Gasteiger partial charge in [-0.3, -0.25) is 4.79 Å². The van der Waals surface area contributed by atoms with Gasteiger partial charge in [0.25, 0.3) is 5.91 Å². The molecule has 0 spiro atoms. The van der Waals surface area contributed by atoms with Crippen LogP contribution in [0, 0.1) is 5.82 Å². The van der Waals surface area contributed by atoms with E-state index in [0.717, 1.165) is 17.0 Å². The molecular weight excluding hydrogens is 291 g/mol. The van der Waals surface area contributed by atoms with E-state index in [0.29, 0.717) is 5.82 Å². The van der Waals surface area contributed by atoms with Crippen molar-refractivity contribution in [2.24, 2.45) is 0 Å². The minimum Gasteiger partial charge on any atom is -0.306 e. The molecule has 1 heterocycles. The molecule has 3 aromatic rings. The minimum absolute atomic E-state index is 0.0632. The summed E-state index contributed by atoms with van der Waals surface area (Å²) in [6.45, 7) is 0. The predicted molar refractivity (Wildman–Crippen MR) is 81.1 cm³/mol. The molecule has 0 aliphatic carbocycles. The number of halogens is 2. The lowest BCUT2D eigenvalue weighted by atomic mass is 10.2. The average molecular weight is 301 g/mol. The molecule has 1 N–H and O–H groups in total. The first kappa shape index (κ1) is 13.5. The second-order valence-electron chi connectivity index (χ2n) is 4.47. The topological polar surface area (TPSA) is 42.0 Å². The average Bonchev–Trinajstić information content (AvgIpc) is 2.47. The fourth-order valence-corrected chi connectivity index (χ4v) is 2.25. The molecule has 5 heteroatoms. The van der Waals surface area contributed by atoms with E-state index >= 15 is 0 Å². The Bertz CT molecular complexity index is 835. The van der Waals surface area contributed by atoms with Crippen LogP contribution in [-0.4, -0.2) is 10.9 Å². The summed E-state index contributed by atoms with van der Waals surface area (Å²) in [6.07, 6.45) is 0. The van der Waals surface area contributed by atoms with E-state index < -0.39 is 11.7 Å². The predicted octanol–water partition coefficient (Wildman–Crippen LogP) is 4.28. The van der Waals surface area contributed by atoms with Crippen molar-refractivity contribution < 1.29 is 9.18 Å². The van der Waals surface area contributed by atoms with Crippen LogP contribution in [0.4, 0.5) is 10.2 Å². The Kier molecular flexibility index (Phi) is 3.54. The number of nitrogens with one attached hydrogen (secondary N) is 1. The molecule has 0 saturated heterocycles. The molecule has 0 saturated carbocycles. The van der Waals surface area contributed by atoms with Crippen LogP contribution in [0.3, 0.4) is 0 Å². The lowest BCUT2D eigenvalue weighted by molar-refractivity contribution is 0.102. The quantitative estimate of drug-likeness (QED) is 0.767. The number of anilines is 1. The first-order valence-electron chi connectivity index (χ1n) is 6.26. The molecule has 0 fully saturated rings. The Morgan fingerprint density at radius 3 is 2.71 bits per heavy atom. The molecule has 1 aromatic heterocycles. The van der Waals surface area contributed by atoms with Crippen LogP contribution in [0.15, 0.2) is 54.6 Å².